The summed E-state index contributed by atoms with van der Waals surface area (Å²) in [5.41, 5.74) is 1.48. The Bertz CT molecular complexity index is 1160. The number of methoxy groups -OCH3 is 1. The summed E-state index contributed by atoms with van der Waals surface area (Å²) in [5.74, 6) is -1.82. The molecule has 8 nitrogen and oxygen atoms in total. The van der Waals surface area contributed by atoms with Gasteiger partial charge < -0.3 is 24.4 Å². The van der Waals surface area contributed by atoms with Gasteiger partial charge in [0.1, 0.15) is 17.3 Å². The van der Waals surface area contributed by atoms with E-state index in [0.29, 0.717) is 17.9 Å². The summed E-state index contributed by atoms with van der Waals surface area (Å²) in [7, 11) is 5.13. The molecule has 180 valence electrons. The normalized spacial score (nSPS) is 17.4. The fourth-order valence-electron chi connectivity index (χ4n) is 3.91. The van der Waals surface area contributed by atoms with Crippen molar-refractivity contribution in [1.29, 1.82) is 0 Å². The Kier molecular flexibility index (Phi) is 7.64. The van der Waals surface area contributed by atoms with Crippen LogP contribution in [-0.4, -0.2) is 66.9 Å². The van der Waals surface area contributed by atoms with Gasteiger partial charge in [-0.2, -0.15) is 0 Å². The number of benzene rings is 2. The van der Waals surface area contributed by atoms with Gasteiger partial charge in [0.15, 0.2) is 0 Å². The average Bonchev–Trinajstić information content (AvgIpc) is 3.01. The van der Waals surface area contributed by atoms with Crippen LogP contribution in [0.3, 0.4) is 0 Å². The number of aliphatic hydroxyl groups excluding tert-OH is 1. The minimum absolute atomic E-state index is 0.0658. The molecule has 1 N–H and O–H groups in total. The number of Topliss-reactive ketones (excluding diaryl/α,β-unsaturated/α-hetero) is 1. The summed E-state index contributed by atoms with van der Waals surface area (Å²) < 4.78 is 10.5. The van der Waals surface area contributed by atoms with Gasteiger partial charge >= 0.3 is 5.97 Å². The van der Waals surface area contributed by atoms with Crippen LogP contribution in [0, 0.1) is 6.92 Å². The number of aryl methyl sites for hydroxylation is 1. The first-order chi connectivity index (χ1) is 16.0. The molecule has 0 aliphatic carbocycles. The summed E-state index contributed by atoms with van der Waals surface area (Å²) in [4.78, 5) is 40.8. The third-order valence-corrected chi connectivity index (χ3v) is 5.71. The Morgan fingerprint density at radius 1 is 1.18 bits per heavy atom. The van der Waals surface area contributed by atoms with Crippen molar-refractivity contribution in [3.05, 3.63) is 63.7 Å². The lowest BCUT2D eigenvalue weighted by molar-refractivity contribution is -0.140. The monoisotopic (exact) mass is 486 g/mol. The molecule has 34 heavy (non-hydrogen) atoms. The number of carbonyl (C=O) groups is 3. The Hall–Kier alpha value is -3.36. The zero-order chi connectivity index (χ0) is 25.2. The number of hydrogen-bond acceptors (Lipinski definition) is 7. The molecular weight excluding hydrogens is 460 g/mol. The summed E-state index contributed by atoms with van der Waals surface area (Å²) >= 11 is 6.31. The molecule has 1 saturated heterocycles. The molecule has 1 atom stereocenters. The van der Waals surface area contributed by atoms with Gasteiger partial charge in [-0.05, 0) is 56.4 Å². The van der Waals surface area contributed by atoms with E-state index in [1.807, 2.05) is 19.0 Å². The third kappa shape index (κ3) is 5.08. The molecule has 1 aliphatic rings. The Balaban J connectivity index is 2.20. The van der Waals surface area contributed by atoms with E-state index in [1.54, 1.807) is 43.3 Å². The lowest BCUT2D eigenvalue weighted by Gasteiger charge is -2.26. The van der Waals surface area contributed by atoms with Crippen molar-refractivity contribution in [1.82, 2.24) is 9.80 Å². The highest BCUT2D eigenvalue weighted by Crippen LogP contribution is 2.42. The number of nitrogens with zero attached hydrogens (tertiary/aromatic N) is 2. The van der Waals surface area contributed by atoms with Crippen LogP contribution in [0.1, 0.15) is 29.7 Å². The molecule has 2 aromatic rings. The van der Waals surface area contributed by atoms with Gasteiger partial charge in [-0.3, -0.25) is 14.4 Å². The second-order valence-electron chi connectivity index (χ2n) is 8.29. The summed E-state index contributed by atoms with van der Waals surface area (Å²) in [5, 5.41) is 11.6. The number of likely N-dealkylation sites (tertiary alicyclic amines) is 1. The molecule has 0 spiro atoms. The average molecular weight is 487 g/mol. The van der Waals surface area contributed by atoms with E-state index in [2.05, 4.69) is 0 Å². The summed E-state index contributed by atoms with van der Waals surface area (Å²) in [6, 6.07) is 8.94. The van der Waals surface area contributed by atoms with Gasteiger partial charge in [0.2, 0.25) is 0 Å². The maximum absolute atomic E-state index is 13.2. The molecule has 0 saturated carbocycles. The van der Waals surface area contributed by atoms with Gasteiger partial charge in [-0.15, -0.1) is 0 Å². The highest BCUT2D eigenvalue weighted by atomic mass is 35.5. The van der Waals surface area contributed by atoms with E-state index in [1.165, 1.54) is 18.9 Å². The molecule has 1 amide bonds. The van der Waals surface area contributed by atoms with Crippen molar-refractivity contribution >= 4 is 35.0 Å². The molecule has 0 aromatic heterocycles. The van der Waals surface area contributed by atoms with Gasteiger partial charge in [0.05, 0.1) is 29.3 Å². The molecule has 3 rings (SSSR count). The third-order valence-electron chi connectivity index (χ3n) is 5.43. The molecule has 0 radical (unpaired) electrons. The van der Waals surface area contributed by atoms with Gasteiger partial charge in [0, 0.05) is 20.0 Å². The Morgan fingerprint density at radius 2 is 1.82 bits per heavy atom. The number of carbonyl (C=O) groups excluding carboxylic acids is 3. The second-order valence-corrected chi connectivity index (χ2v) is 8.69. The first kappa shape index (κ1) is 25.3. The highest BCUT2D eigenvalue weighted by Gasteiger charge is 2.46. The van der Waals surface area contributed by atoms with Crippen molar-refractivity contribution in [2.24, 2.45) is 0 Å². The molecule has 2 aromatic carbocycles. The van der Waals surface area contributed by atoms with Crippen molar-refractivity contribution in [3.63, 3.8) is 0 Å². The van der Waals surface area contributed by atoms with Crippen LogP contribution in [0.5, 0.6) is 11.5 Å². The predicted octanol–water partition coefficient (Wildman–Crippen LogP) is 3.57. The number of halogens is 1. The first-order valence-electron chi connectivity index (χ1n) is 10.6. The molecule has 1 heterocycles. The topological polar surface area (TPSA) is 96.4 Å². The first-order valence-corrected chi connectivity index (χ1v) is 11.0. The van der Waals surface area contributed by atoms with E-state index in [4.69, 9.17) is 21.1 Å². The number of rotatable bonds is 7. The van der Waals surface area contributed by atoms with E-state index in [9.17, 15) is 19.5 Å². The zero-order valence-corrected chi connectivity index (χ0v) is 20.5. The fraction of sp³-hybridized carbons (Fsp3) is 0.320. The van der Waals surface area contributed by atoms with E-state index >= 15 is 0 Å². The number of ketones is 1. The lowest BCUT2D eigenvalue weighted by atomic mass is 9.94. The van der Waals surface area contributed by atoms with Crippen LogP contribution >= 0.6 is 11.6 Å². The van der Waals surface area contributed by atoms with Crippen molar-refractivity contribution in [3.8, 4) is 11.5 Å². The number of hydrogen-bond donors (Lipinski definition) is 1. The SMILES string of the molecule is COc1c(Cl)cc(C)cc1/C(O)=C1\C(=O)C(=O)N(CCN(C)C)C1c1ccc(OC(C)=O)cc1. The number of likely N-dealkylation sites (N-methyl/N-ethyl adjacent to an activating group) is 1. The highest BCUT2D eigenvalue weighted by molar-refractivity contribution is 6.46. The second kappa shape index (κ2) is 10.3. The van der Waals surface area contributed by atoms with Crippen LogP contribution in [0.15, 0.2) is 42.0 Å². The number of esters is 1. The van der Waals surface area contributed by atoms with Crippen LogP contribution in [-0.2, 0) is 14.4 Å². The van der Waals surface area contributed by atoms with Crippen LogP contribution in [0.4, 0.5) is 0 Å². The number of amides is 1. The molecule has 9 heteroatoms. The molecule has 0 bridgehead atoms. The van der Waals surface area contributed by atoms with E-state index in [0.717, 1.165) is 5.56 Å². The molecule has 1 aliphatic heterocycles. The van der Waals surface area contributed by atoms with Crippen LogP contribution in [0.25, 0.3) is 5.76 Å². The van der Waals surface area contributed by atoms with E-state index in [-0.39, 0.29) is 34.2 Å². The molecular formula is C25H27ClN2O6. The van der Waals surface area contributed by atoms with Gasteiger partial charge in [0.25, 0.3) is 11.7 Å². The van der Waals surface area contributed by atoms with E-state index < -0.39 is 23.7 Å². The minimum atomic E-state index is -0.852. The van der Waals surface area contributed by atoms with Crippen molar-refractivity contribution in [2.75, 3.05) is 34.3 Å². The van der Waals surface area contributed by atoms with Crippen LogP contribution in [0.2, 0.25) is 5.02 Å². The largest absolute Gasteiger partial charge is 0.507 e. The summed E-state index contributed by atoms with van der Waals surface area (Å²) in [6.07, 6.45) is 0. The van der Waals surface area contributed by atoms with Crippen molar-refractivity contribution in [2.45, 2.75) is 19.9 Å². The smallest absolute Gasteiger partial charge is 0.308 e. The quantitative estimate of drug-likeness (QED) is 0.210. The number of aliphatic hydroxyl groups is 1. The maximum Gasteiger partial charge on any atom is 0.308 e. The predicted molar refractivity (Wildman–Crippen MR) is 128 cm³/mol. The standard InChI is InChI=1S/C25H27ClN2O6/c1-14-12-18(24(33-5)19(26)13-14)22(30)20-21(16-6-8-17(9-7-16)34-15(2)29)28(11-10-27(3)4)25(32)23(20)31/h6-9,12-13,21,30H,10-11H2,1-5H3/b22-20+. The number of ether oxygens (including phenoxy) is 2. The minimum Gasteiger partial charge on any atom is -0.507 e. The van der Waals surface area contributed by atoms with Gasteiger partial charge in [-0.1, -0.05) is 23.7 Å². The van der Waals surface area contributed by atoms with Gasteiger partial charge in [-0.25, -0.2) is 0 Å². The summed E-state index contributed by atoms with van der Waals surface area (Å²) in [6.45, 7) is 3.86. The maximum atomic E-state index is 13.2. The fourth-order valence-corrected chi connectivity index (χ4v) is 4.26. The lowest BCUT2D eigenvalue weighted by Crippen LogP contribution is -2.35. The van der Waals surface area contributed by atoms with Crippen LogP contribution < -0.4 is 9.47 Å². The molecule has 1 unspecified atom stereocenters. The molecule has 1 fully saturated rings. The zero-order valence-electron chi connectivity index (χ0n) is 19.7. The van der Waals surface area contributed by atoms with Crippen molar-refractivity contribution < 1.29 is 29.0 Å². The Morgan fingerprint density at radius 3 is 2.38 bits per heavy atom. The Labute approximate surface area is 203 Å².